The molecule has 0 bridgehead atoms. The van der Waals surface area contributed by atoms with Crippen molar-refractivity contribution < 1.29 is 4.79 Å². The Hall–Kier alpha value is -0.590. The summed E-state index contributed by atoms with van der Waals surface area (Å²) < 4.78 is 0. The summed E-state index contributed by atoms with van der Waals surface area (Å²) >= 11 is 0. The molecule has 0 saturated heterocycles. The molecule has 0 radical (unpaired) electrons. The standard InChI is InChI=1S/C15H24O/c1-11-6-7-12-13(11)15(4,8-5-9-16)10-14(12,2)3/h9,11H,5-8,10H2,1-4H3/t11-,15+/m1/s1. The van der Waals surface area contributed by atoms with Crippen LogP contribution >= 0.6 is 0 Å². The summed E-state index contributed by atoms with van der Waals surface area (Å²) in [6.07, 6.45) is 6.70. The first-order chi connectivity index (χ1) is 7.41. The highest BCUT2D eigenvalue weighted by atomic mass is 16.1. The van der Waals surface area contributed by atoms with Crippen LogP contribution in [0.15, 0.2) is 11.1 Å². The Morgan fingerprint density at radius 2 is 2.06 bits per heavy atom. The van der Waals surface area contributed by atoms with E-state index in [4.69, 9.17) is 0 Å². The van der Waals surface area contributed by atoms with Crippen molar-refractivity contribution in [2.45, 2.75) is 59.8 Å². The lowest BCUT2D eigenvalue weighted by molar-refractivity contribution is -0.108. The molecule has 0 N–H and O–H groups in total. The molecule has 0 aliphatic heterocycles. The van der Waals surface area contributed by atoms with Crippen LogP contribution in [-0.2, 0) is 4.79 Å². The zero-order valence-electron chi connectivity index (χ0n) is 11.1. The van der Waals surface area contributed by atoms with Gasteiger partial charge in [0, 0.05) is 6.42 Å². The molecule has 0 spiro atoms. The lowest BCUT2D eigenvalue weighted by atomic mass is 9.72. The van der Waals surface area contributed by atoms with Crippen molar-refractivity contribution in [1.82, 2.24) is 0 Å². The molecule has 0 unspecified atom stereocenters. The van der Waals surface area contributed by atoms with Crippen LogP contribution < -0.4 is 0 Å². The number of carbonyl (C=O) groups is 1. The van der Waals surface area contributed by atoms with Gasteiger partial charge in [0.15, 0.2) is 0 Å². The first kappa shape index (κ1) is 11.9. The molecule has 2 aliphatic carbocycles. The maximum Gasteiger partial charge on any atom is 0.120 e. The summed E-state index contributed by atoms with van der Waals surface area (Å²) in [6.45, 7) is 9.50. The highest BCUT2D eigenvalue weighted by Crippen LogP contribution is 2.61. The van der Waals surface area contributed by atoms with E-state index in [9.17, 15) is 4.79 Å². The van der Waals surface area contributed by atoms with Gasteiger partial charge in [-0.3, -0.25) is 0 Å². The fourth-order valence-corrected chi connectivity index (χ4v) is 4.38. The number of allylic oxidation sites excluding steroid dienone is 2. The summed E-state index contributed by atoms with van der Waals surface area (Å²) in [7, 11) is 0. The Bertz CT molecular complexity index is 337. The van der Waals surface area contributed by atoms with Gasteiger partial charge in [-0.15, -0.1) is 0 Å². The maximum absolute atomic E-state index is 10.6. The van der Waals surface area contributed by atoms with E-state index < -0.39 is 0 Å². The minimum Gasteiger partial charge on any atom is -0.303 e. The van der Waals surface area contributed by atoms with E-state index in [-0.39, 0.29) is 0 Å². The van der Waals surface area contributed by atoms with Gasteiger partial charge in [-0.2, -0.15) is 0 Å². The second-order valence-electron chi connectivity index (χ2n) is 6.66. The van der Waals surface area contributed by atoms with Gasteiger partial charge in [-0.1, -0.05) is 38.8 Å². The Labute approximate surface area is 99.3 Å². The summed E-state index contributed by atoms with van der Waals surface area (Å²) in [5.74, 6) is 0.744. The molecule has 1 nitrogen and oxygen atoms in total. The van der Waals surface area contributed by atoms with Gasteiger partial charge >= 0.3 is 0 Å². The van der Waals surface area contributed by atoms with Crippen molar-refractivity contribution in [3.63, 3.8) is 0 Å². The molecule has 1 heteroatoms. The number of hydrogen-bond acceptors (Lipinski definition) is 1. The molecule has 0 fully saturated rings. The molecule has 2 rings (SSSR count). The van der Waals surface area contributed by atoms with Gasteiger partial charge in [0.1, 0.15) is 6.29 Å². The first-order valence-electron chi connectivity index (χ1n) is 6.58. The molecule has 0 amide bonds. The van der Waals surface area contributed by atoms with Crippen LogP contribution in [0.5, 0.6) is 0 Å². The number of carbonyl (C=O) groups excluding carboxylic acids is 1. The maximum atomic E-state index is 10.6. The van der Waals surface area contributed by atoms with Crippen LogP contribution in [-0.4, -0.2) is 6.29 Å². The van der Waals surface area contributed by atoms with E-state index in [1.807, 2.05) is 0 Å². The fourth-order valence-electron chi connectivity index (χ4n) is 4.38. The lowest BCUT2D eigenvalue weighted by Gasteiger charge is -2.32. The SMILES string of the molecule is C[C@@H]1CCC2=C1[C@@](C)(CCC=O)CC2(C)C. The van der Waals surface area contributed by atoms with E-state index >= 15 is 0 Å². The van der Waals surface area contributed by atoms with E-state index in [1.54, 1.807) is 11.1 Å². The minimum absolute atomic E-state index is 0.301. The average Bonchev–Trinajstić information content (AvgIpc) is 2.65. The van der Waals surface area contributed by atoms with E-state index in [0.717, 1.165) is 25.0 Å². The third kappa shape index (κ3) is 1.65. The van der Waals surface area contributed by atoms with Crippen LogP contribution in [0.3, 0.4) is 0 Å². The third-order valence-electron chi connectivity index (χ3n) is 4.76. The van der Waals surface area contributed by atoms with Gasteiger partial charge in [0.25, 0.3) is 0 Å². The lowest BCUT2D eigenvalue weighted by Crippen LogP contribution is -2.22. The monoisotopic (exact) mass is 220 g/mol. The molecular formula is C15H24O. The number of rotatable bonds is 3. The van der Waals surface area contributed by atoms with E-state index in [2.05, 4.69) is 27.7 Å². The highest BCUT2D eigenvalue weighted by Gasteiger charge is 2.49. The predicted molar refractivity (Wildman–Crippen MR) is 67.2 cm³/mol. The number of aldehydes is 1. The zero-order chi connectivity index (χ0) is 12.0. The van der Waals surface area contributed by atoms with Crippen LogP contribution in [0.1, 0.15) is 59.8 Å². The van der Waals surface area contributed by atoms with Crippen molar-refractivity contribution in [3.8, 4) is 0 Å². The molecule has 0 saturated carbocycles. The topological polar surface area (TPSA) is 17.1 Å². The van der Waals surface area contributed by atoms with E-state index in [0.29, 0.717) is 10.8 Å². The van der Waals surface area contributed by atoms with Crippen molar-refractivity contribution in [2.24, 2.45) is 16.7 Å². The van der Waals surface area contributed by atoms with Crippen LogP contribution in [0.25, 0.3) is 0 Å². The van der Waals surface area contributed by atoms with Crippen molar-refractivity contribution in [1.29, 1.82) is 0 Å². The normalized spacial score (nSPS) is 36.6. The molecule has 2 aliphatic rings. The Balaban J connectivity index is 2.33. The van der Waals surface area contributed by atoms with Gasteiger partial charge in [0.05, 0.1) is 0 Å². The summed E-state index contributed by atoms with van der Waals surface area (Å²) in [5.41, 5.74) is 4.10. The van der Waals surface area contributed by atoms with Gasteiger partial charge in [0.2, 0.25) is 0 Å². The minimum atomic E-state index is 0.301. The molecule has 0 aromatic rings. The molecular weight excluding hydrogens is 196 g/mol. The first-order valence-corrected chi connectivity index (χ1v) is 6.58. The van der Waals surface area contributed by atoms with Gasteiger partial charge < -0.3 is 4.79 Å². The van der Waals surface area contributed by atoms with Gasteiger partial charge in [-0.05, 0) is 42.4 Å². The average molecular weight is 220 g/mol. The molecule has 0 aromatic carbocycles. The molecule has 16 heavy (non-hydrogen) atoms. The summed E-state index contributed by atoms with van der Waals surface area (Å²) in [6, 6.07) is 0. The second kappa shape index (κ2) is 3.72. The molecule has 0 heterocycles. The third-order valence-corrected chi connectivity index (χ3v) is 4.76. The Morgan fingerprint density at radius 3 is 2.69 bits per heavy atom. The van der Waals surface area contributed by atoms with Crippen LogP contribution in [0.2, 0.25) is 0 Å². The summed E-state index contributed by atoms with van der Waals surface area (Å²) in [5, 5.41) is 0. The second-order valence-corrected chi connectivity index (χ2v) is 6.66. The highest BCUT2D eigenvalue weighted by molar-refractivity contribution is 5.50. The van der Waals surface area contributed by atoms with E-state index in [1.165, 1.54) is 19.3 Å². The number of hydrogen-bond donors (Lipinski definition) is 0. The fraction of sp³-hybridized carbons (Fsp3) is 0.800. The Kier molecular flexibility index (Phi) is 2.76. The summed E-state index contributed by atoms with van der Waals surface area (Å²) in [4.78, 5) is 10.6. The zero-order valence-corrected chi connectivity index (χ0v) is 11.1. The van der Waals surface area contributed by atoms with Crippen LogP contribution in [0, 0.1) is 16.7 Å². The smallest absolute Gasteiger partial charge is 0.120 e. The molecule has 90 valence electrons. The van der Waals surface area contributed by atoms with Crippen molar-refractivity contribution in [3.05, 3.63) is 11.1 Å². The largest absolute Gasteiger partial charge is 0.303 e. The quantitative estimate of drug-likeness (QED) is 0.516. The van der Waals surface area contributed by atoms with Crippen molar-refractivity contribution >= 4 is 6.29 Å². The van der Waals surface area contributed by atoms with Crippen LogP contribution in [0.4, 0.5) is 0 Å². The molecule has 0 aromatic heterocycles. The Morgan fingerprint density at radius 1 is 1.38 bits per heavy atom. The molecule has 2 atom stereocenters. The van der Waals surface area contributed by atoms with Crippen molar-refractivity contribution in [2.75, 3.05) is 0 Å². The van der Waals surface area contributed by atoms with Gasteiger partial charge in [-0.25, -0.2) is 0 Å². The predicted octanol–water partition coefficient (Wildman–Crippen LogP) is 4.13.